The van der Waals surface area contributed by atoms with E-state index in [0.29, 0.717) is 6.73 Å². The first-order valence-corrected chi connectivity index (χ1v) is 14.7. The highest BCUT2D eigenvalue weighted by Gasteiger charge is 2.18. The van der Waals surface area contributed by atoms with Crippen molar-refractivity contribution >= 4 is 34.9 Å². The molecule has 0 bridgehead atoms. The third kappa shape index (κ3) is 5.50. The lowest BCUT2D eigenvalue weighted by molar-refractivity contribution is 0.0887. The summed E-state index contributed by atoms with van der Waals surface area (Å²) >= 11 is 3.88. The Hall–Kier alpha value is -1.08. The van der Waals surface area contributed by atoms with Crippen molar-refractivity contribution in [2.75, 3.05) is 33.4 Å². The Morgan fingerprint density at radius 1 is 1.18 bits per heavy atom. The van der Waals surface area contributed by atoms with Gasteiger partial charge in [0.2, 0.25) is 0 Å². The zero-order valence-electron chi connectivity index (χ0n) is 17.6. The molecule has 0 N–H and O–H groups in total. The average molecular weight is 466 g/mol. The van der Waals surface area contributed by atoms with E-state index in [4.69, 9.17) is 9.47 Å². The summed E-state index contributed by atoms with van der Waals surface area (Å²) in [7, 11) is 0.653. The Morgan fingerprint density at radius 3 is 2.68 bits per heavy atom. The molecular weight excluding hydrogens is 432 g/mol. The minimum Gasteiger partial charge on any atom is -0.497 e. The summed E-state index contributed by atoms with van der Waals surface area (Å²) < 4.78 is 14.9. The van der Waals surface area contributed by atoms with E-state index in [1.165, 1.54) is 22.5 Å². The van der Waals surface area contributed by atoms with Crippen molar-refractivity contribution in [1.82, 2.24) is 9.47 Å². The second-order valence-electron chi connectivity index (χ2n) is 8.74. The Morgan fingerprint density at radius 2 is 2.00 bits per heavy atom. The molecule has 0 unspecified atom stereocenters. The van der Waals surface area contributed by atoms with Gasteiger partial charge in [-0.05, 0) is 58.6 Å². The Balaban J connectivity index is 1.80. The van der Waals surface area contributed by atoms with E-state index < -0.39 is 8.07 Å². The summed E-state index contributed by atoms with van der Waals surface area (Å²) in [5, 5.41) is 1.26. The second kappa shape index (κ2) is 9.61. The van der Waals surface area contributed by atoms with Crippen LogP contribution in [0.3, 0.4) is 0 Å². The van der Waals surface area contributed by atoms with E-state index in [0.717, 1.165) is 49.4 Å². The van der Waals surface area contributed by atoms with Gasteiger partial charge >= 0.3 is 0 Å². The molecule has 0 spiro atoms. The lowest BCUT2D eigenvalue weighted by atomic mass is 10.1. The standard InChI is InChI=1S/C22H33BrN2O2Si/c1-26-18-8-9-21-20(16-18)19(10-13-24-11-6-5-7-12-24)22(23)25(21)17-27-14-15-28(2,3)4/h5-6,8-9,16H,7,10-15,17H2,1-4H3. The van der Waals surface area contributed by atoms with Crippen LogP contribution in [0.25, 0.3) is 10.9 Å². The van der Waals surface area contributed by atoms with Gasteiger partial charge in [-0.25, -0.2) is 0 Å². The van der Waals surface area contributed by atoms with E-state index >= 15 is 0 Å². The predicted octanol–water partition coefficient (Wildman–Crippen LogP) is 5.53. The third-order valence-electron chi connectivity index (χ3n) is 5.34. The quantitative estimate of drug-likeness (QED) is 0.277. The van der Waals surface area contributed by atoms with Gasteiger partial charge in [-0.1, -0.05) is 31.8 Å². The average Bonchev–Trinajstić information content (AvgIpc) is 2.94. The van der Waals surface area contributed by atoms with E-state index in [2.05, 4.69) is 69.3 Å². The van der Waals surface area contributed by atoms with Crippen molar-refractivity contribution in [3.8, 4) is 5.75 Å². The Labute approximate surface area is 178 Å². The molecule has 2 heterocycles. The fourth-order valence-corrected chi connectivity index (χ4v) is 5.02. The minimum absolute atomic E-state index is 0.584. The Bertz CT molecular complexity index is 826. The summed E-state index contributed by atoms with van der Waals surface area (Å²) in [5.41, 5.74) is 2.55. The molecule has 4 nitrogen and oxygen atoms in total. The molecule has 0 aliphatic carbocycles. The molecule has 1 aliphatic heterocycles. The predicted molar refractivity (Wildman–Crippen MR) is 124 cm³/mol. The Kier molecular flexibility index (Phi) is 7.42. The number of halogens is 1. The highest BCUT2D eigenvalue weighted by Crippen LogP contribution is 2.33. The van der Waals surface area contributed by atoms with Gasteiger partial charge in [-0.2, -0.15) is 0 Å². The summed E-state index contributed by atoms with van der Waals surface area (Å²) in [4.78, 5) is 2.51. The molecule has 2 aromatic rings. The van der Waals surface area contributed by atoms with Gasteiger partial charge in [0.1, 0.15) is 12.5 Å². The molecule has 154 valence electrons. The van der Waals surface area contributed by atoms with Crippen molar-refractivity contribution in [3.63, 3.8) is 0 Å². The molecule has 0 saturated carbocycles. The maximum atomic E-state index is 6.07. The molecule has 1 aliphatic rings. The van der Waals surface area contributed by atoms with Crippen LogP contribution in [0.4, 0.5) is 0 Å². The monoisotopic (exact) mass is 464 g/mol. The molecule has 28 heavy (non-hydrogen) atoms. The third-order valence-corrected chi connectivity index (χ3v) is 7.95. The van der Waals surface area contributed by atoms with Crippen LogP contribution in [0, 0.1) is 0 Å². The van der Waals surface area contributed by atoms with E-state index in [9.17, 15) is 0 Å². The molecule has 0 amide bonds. The van der Waals surface area contributed by atoms with Crippen LogP contribution in [0.15, 0.2) is 35.0 Å². The van der Waals surface area contributed by atoms with Gasteiger partial charge in [-0.15, -0.1) is 0 Å². The number of rotatable bonds is 9. The van der Waals surface area contributed by atoms with Crippen LogP contribution in [-0.2, 0) is 17.9 Å². The highest BCUT2D eigenvalue weighted by atomic mass is 79.9. The van der Waals surface area contributed by atoms with Crippen LogP contribution in [0.1, 0.15) is 12.0 Å². The number of methoxy groups -OCH3 is 1. The van der Waals surface area contributed by atoms with Crippen molar-refractivity contribution < 1.29 is 9.47 Å². The van der Waals surface area contributed by atoms with Gasteiger partial charge in [0.25, 0.3) is 0 Å². The summed E-state index contributed by atoms with van der Waals surface area (Å²) in [6, 6.07) is 7.53. The van der Waals surface area contributed by atoms with Gasteiger partial charge in [0.05, 0.1) is 17.2 Å². The fraction of sp³-hybridized carbons (Fsp3) is 0.545. The summed E-state index contributed by atoms with van der Waals surface area (Å²) in [6.07, 6.45) is 6.72. The van der Waals surface area contributed by atoms with Crippen LogP contribution in [0.2, 0.25) is 25.7 Å². The zero-order valence-corrected chi connectivity index (χ0v) is 20.2. The highest BCUT2D eigenvalue weighted by molar-refractivity contribution is 9.10. The van der Waals surface area contributed by atoms with Crippen LogP contribution in [-0.4, -0.2) is 50.9 Å². The minimum atomic E-state index is -1.08. The SMILES string of the molecule is COc1ccc2c(c1)c(CCN1CC=CCC1)c(Br)n2COCC[Si](C)(C)C. The molecule has 0 saturated heterocycles. The van der Waals surface area contributed by atoms with Crippen LogP contribution in [0.5, 0.6) is 5.75 Å². The van der Waals surface area contributed by atoms with Crippen molar-refractivity contribution in [3.05, 3.63) is 40.5 Å². The maximum absolute atomic E-state index is 6.07. The molecule has 3 rings (SSSR count). The maximum Gasteiger partial charge on any atom is 0.123 e. The lowest BCUT2D eigenvalue weighted by Crippen LogP contribution is -2.29. The molecular formula is C22H33BrN2O2Si. The van der Waals surface area contributed by atoms with Gasteiger partial charge in [-0.3, -0.25) is 4.90 Å². The number of benzene rings is 1. The number of hydrogen-bond acceptors (Lipinski definition) is 3. The molecule has 0 fully saturated rings. The van der Waals surface area contributed by atoms with Gasteiger partial charge in [0, 0.05) is 39.7 Å². The van der Waals surface area contributed by atoms with Gasteiger partial charge < -0.3 is 14.0 Å². The normalized spacial score (nSPS) is 15.5. The first kappa shape index (κ1) is 21.6. The molecule has 0 radical (unpaired) electrons. The number of aromatic nitrogens is 1. The lowest BCUT2D eigenvalue weighted by Gasteiger charge is -2.22. The second-order valence-corrected chi connectivity index (χ2v) is 15.1. The van der Waals surface area contributed by atoms with E-state index in [1.54, 1.807) is 7.11 Å². The van der Waals surface area contributed by atoms with Crippen LogP contribution < -0.4 is 4.74 Å². The topological polar surface area (TPSA) is 26.6 Å². The van der Waals surface area contributed by atoms with Crippen LogP contribution >= 0.6 is 15.9 Å². The van der Waals surface area contributed by atoms with Gasteiger partial charge in [0.15, 0.2) is 0 Å². The van der Waals surface area contributed by atoms with E-state index in [-0.39, 0.29) is 0 Å². The number of fused-ring (bicyclic) bond motifs is 1. The zero-order chi connectivity index (χ0) is 20.1. The first-order chi connectivity index (χ1) is 13.4. The molecule has 1 aromatic carbocycles. The summed E-state index contributed by atoms with van der Waals surface area (Å²) in [6.45, 7) is 11.8. The fourth-order valence-electron chi connectivity index (χ4n) is 3.56. The molecule has 1 aromatic heterocycles. The van der Waals surface area contributed by atoms with Crippen molar-refractivity contribution in [1.29, 1.82) is 0 Å². The number of hydrogen-bond donors (Lipinski definition) is 0. The van der Waals surface area contributed by atoms with E-state index in [1.807, 2.05) is 6.07 Å². The largest absolute Gasteiger partial charge is 0.497 e. The molecule has 6 heteroatoms. The smallest absolute Gasteiger partial charge is 0.123 e. The molecule has 0 atom stereocenters. The van der Waals surface area contributed by atoms with Crippen molar-refractivity contribution in [2.45, 2.75) is 45.3 Å². The number of ether oxygens (including phenoxy) is 2. The van der Waals surface area contributed by atoms with Crippen molar-refractivity contribution in [2.24, 2.45) is 0 Å². The number of nitrogens with zero attached hydrogens (tertiary/aromatic N) is 2. The first-order valence-electron chi connectivity index (χ1n) is 10.2. The summed E-state index contributed by atoms with van der Waals surface area (Å²) in [5.74, 6) is 0.902.